The van der Waals surface area contributed by atoms with E-state index >= 15 is 0 Å². The molecule has 1 aromatic heterocycles. The maximum atomic E-state index is 13.7. The molecule has 4 nitrogen and oxygen atoms in total. The average molecular weight is 308 g/mol. The van der Waals surface area contributed by atoms with E-state index in [0.717, 1.165) is 10.4 Å². The number of carbonyl (C=O) groups excluding carboxylic acids is 1. The van der Waals surface area contributed by atoms with Gasteiger partial charge in [0.2, 0.25) is 5.91 Å². The van der Waals surface area contributed by atoms with Crippen molar-refractivity contribution < 1.29 is 13.9 Å². The molecule has 1 atom stereocenters. The van der Waals surface area contributed by atoms with Crippen molar-refractivity contribution in [2.45, 2.75) is 19.5 Å². The normalized spacial score (nSPS) is 12.1. The Hall–Kier alpha value is -1.92. The van der Waals surface area contributed by atoms with Crippen LogP contribution in [0.5, 0.6) is 5.75 Å². The molecule has 0 saturated carbocycles. The number of amides is 1. The first-order chi connectivity index (χ1) is 10.0. The molecule has 0 fully saturated rings. The van der Waals surface area contributed by atoms with Crippen LogP contribution in [-0.2, 0) is 6.54 Å². The molecule has 2 aromatic rings. The summed E-state index contributed by atoms with van der Waals surface area (Å²) in [4.78, 5) is 12.0. The molecule has 0 aliphatic heterocycles. The highest BCUT2D eigenvalue weighted by Gasteiger charge is 2.10. The van der Waals surface area contributed by atoms with Gasteiger partial charge in [0, 0.05) is 22.8 Å². The second-order valence-corrected chi connectivity index (χ2v) is 5.66. The number of rotatable bonds is 6. The zero-order valence-electron chi connectivity index (χ0n) is 11.9. The lowest BCUT2D eigenvalue weighted by Gasteiger charge is -2.14. The molecule has 21 heavy (non-hydrogen) atoms. The van der Waals surface area contributed by atoms with Crippen molar-refractivity contribution >= 4 is 17.2 Å². The Bertz CT molecular complexity index is 642. The Balaban J connectivity index is 1.99. The van der Waals surface area contributed by atoms with Crippen LogP contribution < -0.4 is 15.8 Å². The third-order valence-electron chi connectivity index (χ3n) is 3.20. The van der Waals surface area contributed by atoms with Crippen molar-refractivity contribution in [1.82, 2.24) is 5.32 Å². The number of ether oxygens (including phenoxy) is 1. The van der Waals surface area contributed by atoms with Crippen LogP contribution >= 0.6 is 11.3 Å². The number of halogens is 1. The minimum atomic E-state index is -0.428. The Morgan fingerprint density at radius 2 is 2.24 bits per heavy atom. The minimum absolute atomic E-state index is 0.0236. The lowest BCUT2D eigenvalue weighted by atomic mass is 10.1. The lowest BCUT2D eigenvalue weighted by molar-refractivity contribution is 0.100. The number of methoxy groups -OCH3 is 1. The summed E-state index contributed by atoms with van der Waals surface area (Å²) in [6.45, 7) is 2.54. The number of hydrogen-bond donors (Lipinski definition) is 2. The predicted octanol–water partition coefficient (Wildman–Crippen LogP) is 2.85. The molecule has 3 N–H and O–H groups in total. The highest BCUT2D eigenvalue weighted by molar-refractivity contribution is 7.10. The van der Waals surface area contributed by atoms with Crippen LogP contribution in [0.4, 0.5) is 4.39 Å². The van der Waals surface area contributed by atoms with Crippen molar-refractivity contribution in [2.75, 3.05) is 7.11 Å². The number of carbonyl (C=O) groups is 1. The Morgan fingerprint density at radius 3 is 2.81 bits per heavy atom. The van der Waals surface area contributed by atoms with Gasteiger partial charge in [-0.15, -0.1) is 11.3 Å². The zero-order valence-corrected chi connectivity index (χ0v) is 12.7. The standard InChI is InChI=1S/C15H17FN2O2S/c1-9(10-3-4-14(20-2)13(16)6-10)18-7-12-5-11(8-21-12)15(17)19/h3-6,8-9,18H,7H2,1-2H3,(H2,17,19). The van der Waals surface area contributed by atoms with E-state index < -0.39 is 5.91 Å². The van der Waals surface area contributed by atoms with E-state index in [0.29, 0.717) is 12.1 Å². The molecule has 0 radical (unpaired) electrons. The fourth-order valence-corrected chi connectivity index (χ4v) is 2.75. The fourth-order valence-electron chi connectivity index (χ4n) is 1.93. The second kappa shape index (κ2) is 6.69. The van der Waals surface area contributed by atoms with E-state index in [4.69, 9.17) is 10.5 Å². The quantitative estimate of drug-likeness (QED) is 0.862. The Morgan fingerprint density at radius 1 is 1.48 bits per heavy atom. The number of nitrogens with two attached hydrogens (primary N) is 1. The molecule has 1 aromatic carbocycles. The van der Waals surface area contributed by atoms with Crippen LogP contribution in [0.25, 0.3) is 0 Å². The lowest BCUT2D eigenvalue weighted by Crippen LogP contribution is -2.17. The molecular formula is C15H17FN2O2S. The summed E-state index contributed by atoms with van der Waals surface area (Å²) in [6, 6.07) is 6.63. The summed E-state index contributed by atoms with van der Waals surface area (Å²) in [6.07, 6.45) is 0. The van der Waals surface area contributed by atoms with Gasteiger partial charge in [0.15, 0.2) is 11.6 Å². The summed E-state index contributed by atoms with van der Waals surface area (Å²) in [5.74, 6) is -0.575. The SMILES string of the molecule is COc1ccc(C(C)NCc2cc(C(N)=O)cs2)cc1F. The summed E-state index contributed by atoms with van der Waals surface area (Å²) in [5.41, 5.74) is 6.56. The average Bonchev–Trinajstić information content (AvgIpc) is 2.93. The summed E-state index contributed by atoms with van der Waals surface area (Å²) < 4.78 is 18.6. The van der Waals surface area contributed by atoms with E-state index in [1.165, 1.54) is 24.5 Å². The van der Waals surface area contributed by atoms with E-state index in [2.05, 4.69) is 5.32 Å². The van der Waals surface area contributed by atoms with E-state index in [9.17, 15) is 9.18 Å². The van der Waals surface area contributed by atoms with Gasteiger partial charge in [-0.1, -0.05) is 6.07 Å². The minimum Gasteiger partial charge on any atom is -0.494 e. The largest absolute Gasteiger partial charge is 0.494 e. The molecule has 0 aliphatic rings. The molecule has 0 saturated heterocycles. The molecule has 1 unspecified atom stereocenters. The number of primary amides is 1. The number of benzene rings is 1. The molecule has 6 heteroatoms. The molecule has 1 heterocycles. The molecule has 112 valence electrons. The number of hydrogen-bond acceptors (Lipinski definition) is 4. The van der Waals surface area contributed by atoms with Gasteiger partial charge in [-0.3, -0.25) is 4.79 Å². The van der Waals surface area contributed by atoms with E-state index in [1.54, 1.807) is 17.5 Å². The van der Waals surface area contributed by atoms with Gasteiger partial charge < -0.3 is 15.8 Å². The van der Waals surface area contributed by atoms with Gasteiger partial charge in [-0.05, 0) is 30.7 Å². The smallest absolute Gasteiger partial charge is 0.249 e. The molecule has 0 spiro atoms. The van der Waals surface area contributed by atoms with Crippen LogP contribution in [0.15, 0.2) is 29.6 Å². The predicted molar refractivity (Wildman–Crippen MR) is 81.0 cm³/mol. The van der Waals surface area contributed by atoms with Crippen LogP contribution in [0.2, 0.25) is 0 Å². The highest BCUT2D eigenvalue weighted by atomic mass is 32.1. The first-order valence-electron chi connectivity index (χ1n) is 6.45. The molecule has 2 rings (SSSR count). The summed E-state index contributed by atoms with van der Waals surface area (Å²) in [5, 5.41) is 5.02. The van der Waals surface area contributed by atoms with Gasteiger partial charge in [0.25, 0.3) is 0 Å². The van der Waals surface area contributed by atoms with E-state index in [1.807, 2.05) is 13.0 Å². The van der Waals surface area contributed by atoms with E-state index in [-0.39, 0.29) is 17.6 Å². The van der Waals surface area contributed by atoms with Crippen LogP contribution in [0.1, 0.15) is 33.8 Å². The zero-order chi connectivity index (χ0) is 15.4. The van der Waals surface area contributed by atoms with Gasteiger partial charge in [0.1, 0.15) is 0 Å². The van der Waals surface area contributed by atoms with Gasteiger partial charge in [0.05, 0.1) is 12.7 Å². The molecule has 1 amide bonds. The molecule has 0 aliphatic carbocycles. The molecule has 0 bridgehead atoms. The van der Waals surface area contributed by atoms with Crippen molar-refractivity contribution in [3.8, 4) is 5.75 Å². The van der Waals surface area contributed by atoms with Crippen molar-refractivity contribution in [1.29, 1.82) is 0 Å². The van der Waals surface area contributed by atoms with Gasteiger partial charge >= 0.3 is 0 Å². The van der Waals surface area contributed by atoms with Crippen LogP contribution in [-0.4, -0.2) is 13.0 Å². The summed E-state index contributed by atoms with van der Waals surface area (Å²) in [7, 11) is 1.44. The first-order valence-corrected chi connectivity index (χ1v) is 7.33. The Labute approximate surface area is 126 Å². The highest BCUT2D eigenvalue weighted by Crippen LogP contribution is 2.22. The third-order valence-corrected chi connectivity index (χ3v) is 4.13. The maximum Gasteiger partial charge on any atom is 0.249 e. The van der Waals surface area contributed by atoms with Crippen molar-refractivity contribution in [2.24, 2.45) is 5.73 Å². The van der Waals surface area contributed by atoms with Crippen LogP contribution in [0, 0.1) is 5.82 Å². The Kier molecular flexibility index (Phi) is 4.93. The van der Waals surface area contributed by atoms with Crippen molar-refractivity contribution in [3.63, 3.8) is 0 Å². The summed E-state index contributed by atoms with van der Waals surface area (Å²) >= 11 is 1.47. The monoisotopic (exact) mass is 308 g/mol. The maximum absolute atomic E-state index is 13.7. The number of thiophene rings is 1. The fraction of sp³-hybridized carbons (Fsp3) is 0.267. The first kappa shape index (κ1) is 15.5. The number of nitrogens with one attached hydrogen (secondary N) is 1. The van der Waals surface area contributed by atoms with Crippen molar-refractivity contribution in [3.05, 3.63) is 51.5 Å². The second-order valence-electron chi connectivity index (χ2n) is 4.66. The topological polar surface area (TPSA) is 64.3 Å². The van der Waals surface area contributed by atoms with Crippen LogP contribution in [0.3, 0.4) is 0 Å². The van der Waals surface area contributed by atoms with Gasteiger partial charge in [-0.2, -0.15) is 0 Å². The molecular weight excluding hydrogens is 291 g/mol. The van der Waals surface area contributed by atoms with Gasteiger partial charge in [-0.25, -0.2) is 4.39 Å². The third kappa shape index (κ3) is 3.80.